The van der Waals surface area contributed by atoms with Crippen LogP contribution in [-0.2, 0) is 4.74 Å². The van der Waals surface area contributed by atoms with Crippen molar-refractivity contribution in [2.24, 2.45) is 11.8 Å². The van der Waals surface area contributed by atoms with Gasteiger partial charge in [-0.05, 0) is 49.9 Å². The van der Waals surface area contributed by atoms with Gasteiger partial charge in [0.2, 0.25) is 0 Å². The number of unbranched alkanes of at least 4 members (excludes halogenated alkanes) is 2. The summed E-state index contributed by atoms with van der Waals surface area (Å²) >= 11 is 0. The number of nitrogens with zero attached hydrogens (tertiary/aromatic N) is 2. The molecule has 0 bridgehead atoms. The quantitative estimate of drug-likeness (QED) is 0.321. The van der Waals surface area contributed by atoms with E-state index in [1.165, 1.54) is 25.7 Å². The molecule has 0 radical (unpaired) electrons. The summed E-state index contributed by atoms with van der Waals surface area (Å²) in [6, 6.07) is 9.39. The molecule has 0 spiro atoms. The largest absolute Gasteiger partial charge is 0.456 e. The van der Waals surface area contributed by atoms with E-state index in [1.54, 1.807) is 0 Å². The average Bonchev–Trinajstić information content (AvgIpc) is 2.69. The van der Waals surface area contributed by atoms with E-state index in [0.29, 0.717) is 17.4 Å². The molecule has 1 unspecified atom stereocenters. The zero-order valence-electron chi connectivity index (χ0n) is 20.4. The number of carbonyl (C=O) groups is 1. The Labute approximate surface area is 186 Å². The SMILES string of the molecule is CCCCN(CCCC)CC(CN(CC(C)C)CC(C)C)OC(=O)c1ccccc1. The number of rotatable bonds is 16. The predicted molar refractivity (Wildman–Crippen MR) is 128 cm³/mol. The number of benzene rings is 1. The topological polar surface area (TPSA) is 32.8 Å². The summed E-state index contributed by atoms with van der Waals surface area (Å²) in [5.41, 5.74) is 0.635. The van der Waals surface area contributed by atoms with Crippen LogP contribution >= 0.6 is 0 Å². The van der Waals surface area contributed by atoms with Gasteiger partial charge in [-0.1, -0.05) is 72.6 Å². The smallest absolute Gasteiger partial charge is 0.338 e. The van der Waals surface area contributed by atoms with Gasteiger partial charge < -0.3 is 4.74 Å². The van der Waals surface area contributed by atoms with Crippen LogP contribution in [0.2, 0.25) is 0 Å². The summed E-state index contributed by atoms with van der Waals surface area (Å²) in [6.45, 7) is 19.3. The lowest BCUT2D eigenvalue weighted by Gasteiger charge is -2.33. The molecule has 30 heavy (non-hydrogen) atoms. The summed E-state index contributed by atoms with van der Waals surface area (Å²) in [6.07, 6.45) is 4.62. The Morgan fingerprint density at radius 3 is 1.77 bits per heavy atom. The Morgan fingerprint density at radius 2 is 1.30 bits per heavy atom. The summed E-state index contributed by atoms with van der Waals surface area (Å²) in [7, 11) is 0. The first-order valence-corrected chi connectivity index (χ1v) is 12.1. The van der Waals surface area contributed by atoms with Crippen LogP contribution < -0.4 is 0 Å². The summed E-state index contributed by atoms with van der Waals surface area (Å²) in [4.78, 5) is 17.8. The van der Waals surface area contributed by atoms with Crippen LogP contribution in [0.25, 0.3) is 0 Å². The van der Waals surface area contributed by atoms with Gasteiger partial charge in [0.05, 0.1) is 5.56 Å². The fourth-order valence-electron chi connectivity index (χ4n) is 3.82. The minimum atomic E-state index is -0.208. The lowest BCUT2D eigenvalue weighted by molar-refractivity contribution is 0.00635. The van der Waals surface area contributed by atoms with Crippen molar-refractivity contribution in [3.63, 3.8) is 0 Å². The van der Waals surface area contributed by atoms with Gasteiger partial charge in [-0.2, -0.15) is 0 Å². The van der Waals surface area contributed by atoms with Crippen LogP contribution in [0.3, 0.4) is 0 Å². The van der Waals surface area contributed by atoms with Gasteiger partial charge in [0.15, 0.2) is 0 Å². The van der Waals surface area contributed by atoms with E-state index in [0.717, 1.165) is 39.3 Å². The molecule has 0 aliphatic rings. The zero-order chi connectivity index (χ0) is 22.4. The van der Waals surface area contributed by atoms with Crippen molar-refractivity contribution in [3.8, 4) is 0 Å². The molecule has 0 aromatic heterocycles. The zero-order valence-corrected chi connectivity index (χ0v) is 20.4. The molecule has 0 amide bonds. The van der Waals surface area contributed by atoms with Gasteiger partial charge in [0.25, 0.3) is 0 Å². The normalized spacial score (nSPS) is 12.9. The third-order valence-corrected chi connectivity index (χ3v) is 5.11. The summed E-state index contributed by atoms with van der Waals surface area (Å²) in [5, 5.41) is 0. The maximum Gasteiger partial charge on any atom is 0.338 e. The molecule has 1 aromatic carbocycles. The second-order valence-corrected chi connectivity index (χ2v) is 9.41. The molecule has 1 atom stereocenters. The average molecular weight is 419 g/mol. The fourth-order valence-corrected chi connectivity index (χ4v) is 3.82. The molecule has 0 saturated heterocycles. The minimum absolute atomic E-state index is 0.121. The van der Waals surface area contributed by atoms with Crippen molar-refractivity contribution in [2.75, 3.05) is 39.3 Å². The number of carbonyl (C=O) groups excluding carboxylic acids is 1. The van der Waals surface area contributed by atoms with Crippen molar-refractivity contribution in [3.05, 3.63) is 35.9 Å². The molecule has 4 heteroatoms. The second-order valence-electron chi connectivity index (χ2n) is 9.41. The van der Waals surface area contributed by atoms with Gasteiger partial charge in [-0.15, -0.1) is 0 Å². The molecular formula is C26H46N2O2. The van der Waals surface area contributed by atoms with Crippen LogP contribution in [0.5, 0.6) is 0 Å². The lowest BCUT2D eigenvalue weighted by atomic mass is 10.1. The highest BCUT2D eigenvalue weighted by Crippen LogP contribution is 2.12. The monoisotopic (exact) mass is 418 g/mol. The Bertz CT molecular complexity index is 541. The summed E-state index contributed by atoms with van der Waals surface area (Å²) in [5.74, 6) is 0.969. The highest BCUT2D eigenvalue weighted by atomic mass is 16.5. The first-order chi connectivity index (χ1) is 14.3. The maximum atomic E-state index is 12.8. The Morgan fingerprint density at radius 1 is 0.800 bits per heavy atom. The molecule has 0 heterocycles. The molecule has 0 saturated carbocycles. The number of hydrogen-bond acceptors (Lipinski definition) is 4. The van der Waals surface area contributed by atoms with Crippen molar-refractivity contribution < 1.29 is 9.53 Å². The Balaban J connectivity index is 2.94. The van der Waals surface area contributed by atoms with E-state index in [1.807, 2.05) is 30.3 Å². The highest BCUT2D eigenvalue weighted by molar-refractivity contribution is 5.89. The van der Waals surface area contributed by atoms with Crippen molar-refractivity contribution in [1.82, 2.24) is 9.80 Å². The third-order valence-electron chi connectivity index (χ3n) is 5.11. The van der Waals surface area contributed by atoms with Crippen LogP contribution in [-0.4, -0.2) is 61.1 Å². The van der Waals surface area contributed by atoms with Gasteiger partial charge in [0.1, 0.15) is 6.10 Å². The van der Waals surface area contributed by atoms with Gasteiger partial charge in [0, 0.05) is 26.2 Å². The predicted octanol–water partition coefficient (Wildman–Crippen LogP) is 5.73. The van der Waals surface area contributed by atoms with Crippen molar-refractivity contribution in [2.45, 2.75) is 73.3 Å². The molecule has 1 aromatic rings. The van der Waals surface area contributed by atoms with Gasteiger partial charge in [-0.25, -0.2) is 4.79 Å². The Kier molecular flexibility index (Phi) is 13.7. The molecule has 0 aliphatic carbocycles. The van der Waals surface area contributed by atoms with Gasteiger partial charge >= 0.3 is 5.97 Å². The first kappa shape index (κ1) is 26.6. The third kappa shape index (κ3) is 11.7. The van der Waals surface area contributed by atoms with E-state index < -0.39 is 0 Å². The molecule has 0 aliphatic heterocycles. The maximum absolute atomic E-state index is 12.8. The van der Waals surface area contributed by atoms with Crippen molar-refractivity contribution >= 4 is 5.97 Å². The summed E-state index contributed by atoms with van der Waals surface area (Å²) < 4.78 is 6.10. The molecule has 0 N–H and O–H groups in total. The molecule has 172 valence electrons. The lowest BCUT2D eigenvalue weighted by Crippen LogP contribution is -2.45. The highest BCUT2D eigenvalue weighted by Gasteiger charge is 2.23. The number of ether oxygens (including phenoxy) is 1. The van der Waals surface area contributed by atoms with Crippen molar-refractivity contribution in [1.29, 1.82) is 0 Å². The minimum Gasteiger partial charge on any atom is -0.456 e. The van der Waals surface area contributed by atoms with E-state index in [4.69, 9.17) is 4.74 Å². The van der Waals surface area contributed by atoms with Crippen LogP contribution in [0.15, 0.2) is 30.3 Å². The Hall–Kier alpha value is -1.39. The number of hydrogen-bond donors (Lipinski definition) is 0. The van der Waals surface area contributed by atoms with E-state index >= 15 is 0 Å². The van der Waals surface area contributed by atoms with Crippen LogP contribution in [0.1, 0.15) is 77.6 Å². The molecule has 4 nitrogen and oxygen atoms in total. The van der Waals surface area contributed by atoms with Crippen LogP contribution in [0, 0.1) is 11.8 Å². The van der Waals surface area contributed by atoms with Crippen LogP contribution in [0.4, 0.5) is 0 Å². The second kappa shape index (κ2) is 15.4. The first-order valence-electron chi connectivity index (χ1n) is 12.1. The standard InChI is InChI=1S/C26H46N2O2/c1-7-9-16-27(17-10-8-2)20-25(21-28(18-22(3)4)19-23(5)6)30-26(29)24-14-12-11-13-15-24/h11-15,22-23,25H,7-10,16-21H2,1-6H3. The van der Waals surface area contributed by atoms with E-state index in [2.05, 4.69) is 51.3 Å². The number of esters is 1. The van der Waals surface area contributed by atoms with E-state index in [-0.39, 0.29) is 12.1 Å². The molecule has 0 fully saturated rings. The fraction of sp³-hybridized carbons (Fsp3) is 0.731. The molecular weight excluding hydrogens is 372 g/mol. The molecule has 1 rings (SSSR count). The van der Waals surface area contributed by atoms with Gasteiger partial charge in [-0.3, -0.25) is 9.80 Å². The van der Waals surface area contributed by atoms with E-state index in [9.17, 15) is 4.79 Å².